The molecule has 2 rings (SSSR count). The molecule has 3 nitrogen and oxygen atoms in total. The van der Waals surface area contributed by atoms with Gasteiger partial charge in [-0.25, -0.2) is 0 Å². The number of hydrogen-bond donors (Lipinski definition) is 2. The van der Waals surface area contributed by atoms with E-state index in [0.29, 0.717) is 18.7 Å². The monoisotopic (exact) mass is 462 g/mol. The van der Waals surface area contributed by atoms with Gasteiger partial charge in [0.25, 0.3) is 5.91 Å². The maximum Gasteiger partial charge on any atom is 0.416 e. The number of unbranched alkanes of at least 4 members (excludes halogenated alkanes) is 9. The van der Waals surface area contributed by atoms with Crippen molar-refractivity contribution in [3.8, 4) is 0 Å². The van der Waals surface area contributed by atoms with Crippen LogP contribution in [0.25, 0.3) is 0 Å². The molecule has 0 aliphatic carbocycles. The van der Waals surface area contributed by atoms with Crippen LogP contribution in [0, 0.1) is 0 Å². The normalized spacial score (nSPS) is 11.4. The van der Waals surface area contributed by atoms with Gasteiger partial charge in [0.05, 0.1) is 5.56 Å². The Labute approximate surface area is 196 Å². The molecule has 6 heteroatoms. The lowest BCUT2D eigenvalue weighted by molar-refractivity contribution is -0.137. The minimum atomic E-state index is -4.32. The molecule has 0 aromatic heterocycles. The molecule has 0 saturated carbocycles. The van der Waals surface area contributed by atoms with Crippen molar-refractivity contribution in [1.82, 2.24) is 5.32 Å². The van der Waals surface area contributed by atoms with E-state index in [1.165, 1.54) is 63.5 Å². The SMILES string of the molecule is CCCCCCCCCCCCNC(=O)c1ccc(NCc2ccc(C(F)(F)F)cc2)cc1. The molecular weight excluding hydrogens is 425 g/mol. The second-order valence-electron chi connectivity index (χ2n) is 8.56. The van der Waals surface area contributed by atoms with Gasteiger partial charge in [0, 0.05) is 24.3 Å². The maximum atomic E-state index is 12.6. The lowest BCUT2D eigenvalue weighted by atomic mass is 10.1. The Balaban J connectivity index is 1.59. The quantitative estimate of drug-likeness (QED) is 0.264. The first-order valence-electron chi connectivity index (χ1n) is 12.2. The van der Waals surface area contributed by atoms with Gasteiger partial charge >= 0.3 is 6.18 Å². The molecule has 0 atom stereocenters. The first-order valence-corrected chi connectivity index (χ1v) is 12.2. The van der Waals surface area contributed by atoms with E-state index in [-0.39, 0.29) is 5.91 Å². The lowest BCUT2D eigenvalue weighted by Gasteiger charge is -2.10. The van der Waals surface area contributed by atoms with E-state index in [2.05, 4.69) is 17.6 Å². The maximum absolute atomic E-state index is 12.6. The third-order valence-electron chi connectivity index (χ3n) is 5.74. The summed E-state index contributed by atoms with van der Waals surface area (Å²) in [6.07, 6.45) is 8.32. The average Bonchev–Trinajstić information content (AvgIpc) is 2.81. The molecule has 0 unspecified atom stereocenters. The summed E-state index contributed by atoms with van der Waals surface area (Å²) in [5, 5.41) is 6.13. The van der Waals surface area contributed by atoms with Gasteiger partial charge in [0.15, 0.2) is 0 Å². The lowest BCUT2D eigenvalue weighted by Crippen LogP contribution is -2.24. The predicted molar refractivity (Wildman–Crippen MR) is 129 cm³/mol. The number of rotatable bonds is 15. The molecule has 33 heavy (non-hydrogen) atoms. The first-order chi connectivity index (χ1) is 15.9. The van der Waals surface area contributed by atoms with Crippen LogP contribution in [0.3, 0.4) is 0 Å². The van der Waals surface area contributed by atoms with Crippen LogP contribution < -0.4 is 10.6 Å². The standard InChI is InChI=1S/C27H37F3N2O/c1-2-3-4-5-6-7-8-9-10-11-20-31-26(33)23-14-18-25(19-15-23)32-21-22-12-16-24(17-13-22)27(28,29)30/h12-19,32H,2-11,20-21H2,1H3,(H,31,33). The number of anilines is 1. The summed E-state index contributed by atoms with van der Waals surface area (Å²) in [5.74, 6) is -0.0831. The first kappa shape index (κ1) is 26.7. The molecule has 0 saturated heterocycles. The molecule has 0 bridgehead atoms. The molecule has 2 N–H and O–H groups in total. The van der Waals surface area contributed by atoms with E-state index < -0.39 is 11.7 Å². The van der Waals surface area contributed by atoms with Crippen LogP contribution in [-0.2, 0) is 12.7 Å². The number of carbonyl (C=O) groups excluding carboxylic acids is 1. The number of amides is 1. The summed E-state index contributed by atoms with van der Waals surface area (Å²) in [5.41, 5.74) is 1.50. The molecule has 182 valence electrons. The highest BCUT2D eigenvalue weighted by atomic mass is 19.4. The Morgan fingerprint density at radius 1 is 0.758 bits per heavy atom. The van der Waals surface area contributed by atoms with Crippen molar-refractivity contribution in [1.29, 1.82) is 0 Å². The average molecular weight is 463 g/mol. The van der Waals surface area contributed by atoms with Gasteiger partial charge in [-0.1, -0.05) is 76.8 Å². The molecule has 0 fully saturated rings. The van der Waals surface area contributed by atoms with Gasteiger partial charge in [-0.05, 0) is 48.4 Å². The van der Waals surface area contributed by atoms with E-state index in [0.717, 1.165) is 36.2 Å². The van der Waals surface area contributed by atoms with Crippen molar-refractivity contribution in [3.63, 3.8) is 0 Å². The summed E-state index contributed by atoms with van der Waals surface area (Å²) in [7, 11) is 0. The van der Waals surface area contributed by atoms with E-state index in [4.69, 9.17) is 0 Å². The zero-order valence-electron chi connectivity index (χ0n) is 19.6. The van der Waals surface area contributed by atoms with Crippen molar-refractivity contribution < 1.29 is 18.0 Å². The summed E-state index contributed by atoms with van der Waals surface area (Å²) in [4.78, 5) is 12.3. The highest BCUT2D eigenvalue weighted by Gasteiger charge is 2.29. The Morgan fingerprint density at radius 2 is 1.30 bits per heavy atom. The van der Waals surface area contributed by atoms with E-state index in [1.54, 1.807) is 24.3 Å². The number of benzene rings is 2. The molecule has 2 aromatic carbocycles. The molecule has 0 aliphatic rings. The third-order valence-corrected chi connectivity index (χ3v) is 5.74. The van der Waals surface area contributed by atoms with Crippen LogP contribution in [0.2, 0.25) is 0 Å². The third kappa shape index (κ3) is 10.8. The molecule has 1 amide bonds. The van der Waals surface area contributed by atoms with Crippen molar-refractivity contribution in [3.05, 3.63) is 65.2 Å². The van der Waals surface area contributed by atoms with Crippen LogP contribution in [0.1, 0.15) is 92.6 Å². The summed E-state index contributed by atoms with van der Waals surface area (Å²) in [6.45, 7) is 3.33. The smallest absolute Gasteiger partial charge is 0.381 e. The second-order valence-corrected chi connectivity index (χ2v) is 8.56. The molecular formula is C27H37F3N2O. The van der Waals surface area contributed by atoms with Crippen molar-refractivity contribution in [2.24, 2.45) is 0 Å². The number of carbonyl (C=O) groups is 1. The van der Waals surface area contributed by atoms with Crippen LogP contribution in [0.5, 0.6) is 0 Å². The van der Waals surface area contributed by atoms with Crippen molar-refractivity contribution >= 4 is 11.6 Å². The van der Waals surface area contributed by atoms with Crippen LogP contribution in [-0.4, -0.2) is 12.5 Å². The fraction of sp³-hybridized carbons (Fsp3) is 0.519. The van der Waals surface area contributed by atoms with Crippen molar-refractivity contribution in [2.45, 2.75) is 83.9 Å². The van der Waals surface area contributed by atoms with Crippen LogP contribution in [0.4, 0.5) is 18.9 Å². The predicted octanol–water partition coefficient (Wildman–Crippen LogP) is 7.97. The Morgan fingerprint density at radius 3 is 1.85 bits per heavy atom. The Bertz CT molecular complexity index is 802. The van der Waals surface area contributed by atoms with Crippen LogP contribution >= 0.6 is 0 Å². The zero-order chi connectivity index (χ0) is 23.9. The number of hydrogen-bond acceptors (Lipinski definition) is 2. The number of halogens is 3. The number of nitrogens with one attached hydrogen (secondary N) is 2. The van der Waals surface area contributed by atoms with Crippen molar-refractivity contribution in [2.75, 3.05) is 11.9 Å². The largest absolute Gasteiger partial charge is 0.416 e. The summed E-state index contributed by atoms with van der Waals surface area (Å²) < 4.78 is 37.9. The van der Waals surface area contributed by atoms with E-state index in [9.17, 15) is 18.0 Å². The topological polar surface area (TPSA) is 41.1 Å². The molecule has 0 aliphatic heterocycles. The van der Waals surface area contributed by atoms with E-state index >= 15 is 0 Å². The molecule has 0 spiro atoms. The summed E-state index contributed by atoms with van der Waals surface area (Å²) in [6, 6.07) is 12.2. The minimum absolute atomic E-state index is 0.0831. The highest BCUT2D eigenvalue weighted by molar-refractivity contribution is 5.94. The zero-order valence-corrected chi connectivity index (χ0v) is 19.6. The van der Waals surface area contributed by atoms with Gasteiger partial charge in [0.2, 0.25) is 0 Å². The highest BCUT2D eigenvalue weighted by Crippen LogP contribution is 2.29. The van der Waals surface area contributed by atoms with Crippen LogP contribution in [0.15, 0.2) is 48.5 Å². The fourth-order valence-electron chi connectivity index (χ4n) is 3.67. The fourth-order valence-corrected chi connectivity index (χ4v) is 3.67. The van der Waals surface area contributed by atoms with E-state index in [1.807, 2.05) is 0 Å². The number of alkyl halides is 3. The second kappa shape index (κ2) is 14.6. The molecule has 2 aromatic rings. The van der Waals surface area contributed by atoms with Gasteiger partial charge in [-0.3, -0.25) is 4.79 Å². The minimum Gasteiger partial charge on any atom is -0.381 e. The van der Waals surface area contributed by atoms with Gasteiger partial charge in [0.1, 0.15) is 0 Å². The summed E-state index contributed by atoms with van der Waals surface area (Å²) >= 11 is 0. The molecule has 0 radical (unpaired) electrons. The Hall–Kier alpha value is -2.50. The van der Waals surface area contributed by atoms with Gasteiger partial charge in [-0.2, -0.15) is 13.2 Å². The van der Waals surface area contributed by atoms with Gasteiger partial charge in [-0.15, -0.1) is 0 Å². The molecule has 0 heterocycles. The Kier molecular flexibility index (Phi) is 11.8. The van der Waals surface area contributed by atoms with Gasteiger partial charge < -0.3 is 10.6 Å².